The normalized spacial score (nSPS) is 11.1. The van der Waals surface area contributed by atoms with Gasteiger partial charge in [0, 0.05) is 12.1 Å². The summed E-state index contributed by atoms with van der Waals surface area (Å²) in [5, 5.41) is 14.2. The zero-order chi connectivity index (χ0) is 14.9. The molecule has 2 rings (SSSR count). The van der Waals surface area contributed by atoms with E-state index in [-0.39, 0.29) is 23.5 Å². The lowest BCUT2D eigenvalue weighted by atomic mass is 10.3. The number of anilines is 1. The Labute approximate surface area is 110 Å². The fourth-order valence-corrected chi connectivity index (χ4v) is 2.58. The maximum atomic E-state index is 13.4. The van der Waals surface area contributed by atoms with Crippen LogP contribution in [0.3, 0.4) is 0 Å². The molecule has 0 bridgehead atoms. The highest BCUT2D eigenvalue weighted by atomic mass is 32.2. The third-order valence-electron chi connectivity index (χ3n) is 2.23. The predicted molar refractivity (Wildman–Crippen MR) is 60.4 cm³/mol. The van der Waals surface area contributed by atoms with Crippen LogP contribution in [0.15, 0.2) is 23.2 Å². The Morgan fingerprint density at radius 3 is 2.40 bits per heavy atom. The highest BCUT2D eigenvalue weighted by Crippen LogP contribution is 2.23. The van der Waals surface area contributed by atoms with Gasteiger partial charge < -0.3 is 0 Å². The molecule has 0 spiro atoms. The highest BCUT2D eigenvalue weighted by Gasteiger charge is 2.26. The average molecular weight is 302 g/mol. The lowest BCUT2D eigenvalue weighted by Gasteiger charge is -2.08. The third-order valence-corrected chi connectivity index (χ3v) is 3.63. The number of nitrogens with zero attached hydrogens (tertiary/aromatic N) is 2. The van der Waals surface area contributed by atoms with E-state index in [1.54, 1.807) is 10.8 Å². The SMILES string of the molecule is N#Cc1cn[nH]c1NS(=O)(=O)c1c(F)cc(F)cc1F. The number of hydrogen-bond donors (Lipinski definition) is 2. The molecule has 0 saturated carbocycles. The number of benzene rings is 1. The van der Waals surface area contributed by atoms with E-state index in [4.69, 9.17) is 5.26 Å². The van der Waals surface area contributed by atoms with E-state index in [0.29, 0.717) is 0 Å². The molecular formula is C10H5F3N4O2S. The quantitative estimate of drug-likeness (QED) is 0.897. The van der Waals surface area contributed by atoms with E-state index >= 15 is 0 Å². The van der Waals surface area contributed by atoms with Gasteiger partial charge in [-0.1, -0.05) is 0 Å². The number of hydrogen-bond acceptors (Lipinski definition) is 4. The summed E-state index contributed by atoms with van der Waals surface area (Å²) in [5.74, 6) is -4.78. The van der Waals surface area contributed by atoms with Crippen LogP contribution in [-0.4, -0.2) is 18.6 Å². The first kappa shape index (κ1) is 13.9. The van der Waals surface area contributed by atoms with Crippen molar-refractivity contribution in [2.24, 2.45) is 0 Å². The number of sulfonamides is 1. The van der Waals surface area contributed by atoms with Crippen molar-refractivity contribution >= 4 is 15.8 Å². The van der Waals surface area contributed by atoms with E-state index in [9.17, 15) is 21.6 Å². The molecule has 0 radical (unpaired) electrons. The standard InChI is InChI=1S/C10H5F3N4O2S/c11-6-1-7(12)9(8(13)2-6)20(18,19)17-10-5(3-14)4-15-16-10/h1-2,4H,(H2,15,16,17). The minimum Gasteiger partial charge on any atom is -0.262 e. The monoisotopic (exact) mass is 302 g/mol. The van der Waals surface area contributed by atoms with Crippen molar-refractivity contribution in [2.75, 3.05) is 4.72 Å². The van der Waals surface area contributed by atoms with Crippen molar-refractivity contribution in [3.05, 3.63) is 41.3 Å². The van der Waals surface area contributed by atoms with Gasteiger partial charge in [-0.05, 0) is 0 Å². The first-order chi connectivity index (χ1) is 9.35. The van der Waals surface area contributed by atoms with Crippen LogP contribution in [0.5, 0.6) is 0 Å². The van der Waals surface area contributed by atoms with Crippen LogP contribution in [-0.2, 0) is 10.0 Å². The second kappa shape index (κ2) is 4.86. The lowest BCUT2D eigenvalue weighted by Crippen LogP contribution is -2.17. The number of H-pyrrole nitrogens is 1. The summed E-state index contributed by atoms with van der Waals surface area (Å²) in [6.07, 6.45) is 1.02. The van der Waals surface area contributed by atoms with Gasteiger partial charge in [-0.3, -0.25) is 9.82 Å². The largest absolute Gasteiger partial charge is 0.268 e. The molecule has 0 saturated heterocycles. The zero-order valence-corrected chi connectivity index (χ0v) is 10.3. The van der Waals surface area contributed by atoms with Gasteiger partial charge in [0.1, 0.15) is 29.1 Å². The van der Waals surface area contributed by atoms with Gasteiger partial charge in [0.05, 0.1) is 6.20 Å². The highest BCUT2D eigenvalue weighted by molar-refractivity contribution is 7.92. The molecule has 2 aromatic rings. The van der Waals surface area contributed by atoms with Crippen molar-refractivity contribution in [2.45, 2.75) is 4.90 Å². The number of rotatable bonds is 3. The number of halogens is 3. The van der Waals surface area contributed by atoms with Gasteiger partial charge in [0.2, 0.25) is 0 Å². The molecule has 20 heavy (non-hydrogen) atoms. The number of aromatic amines is 1. The average Bonchev–Trinajstić information content (AvgIpc) is 2.73. The smallest absolute Gasteiger partial charge is 0.262 e. The molecule has 0 fully saturated rings. The molecule has 1 aromatic heterocycles. The Morgan fingerprint density at radius 1 is 1.25 bits per heavy atom. The van der Waals surface area contributed by atoms with Crippen LogP contribution in [0.4, 0.5) is 19.0 Å². The van der Waals surface area contributed by atoms with Crippen LogP contribution in [0.25, 0.3) is 0 Å². The van der Waals surface area contributed by atoms with Gasteiger partial charge in [-0.25, -0.2) is 21.6 Å². The van der Waals surface area contributed by atoms with Crippen LogP contribution in [0, 0.1) is 28.8 Å². The van der Waals surface area contributed by atoms with Crippen molar-refractivity contribution in [3.63, 3.8) is 0 Å². The van der Waals surface area contributed by atoms with Crippen molar-refractivity contribution in [1.29, 1.82) is 5.26 Å². The Bertz CT molecular complexity index is 787. The molecule has 1 heterocycles. The van der Waals surface area contributed by atoms with Gasteiger partial charge >= 0.3 is 0 Å². The molecule has 0 unspecified atom stereocenters. The van der Waals surface area contributed by atoms with Crippen LogP contribution < -0.4 is 4.72 Å². The molecule has 104 valence electrons. The molecule has 10 heteroatoms. The molecule has 0 aliphatic rings. The fourth-order valence-electron chi connectivity index (χ4n) is 1.42. The summed E-state index contributed by atoms with van der Waals surface area (Å²) < 4.78 is 65.1. The van der Waals surface area contributed by atoms with E-state index in [2.05, 4.69) is 10.2 Å². The van der Waals surface area contributed by atoms with Gasteiger partial charge in [-0.2, -0.15) is 10.4 Å². The Kier molecular flexibility index (Phi) is 3.37. The summed E-state index contributed by atoms with van der Waals surface area (Å²) in [5.41, 5.74) is -0.170. The van der Waals surface area contributed by atoms with Gasteiger partial charge in [0.15, 0.2) is 10.7 Å². The third kappa shape index (κ3) is 2.43. The van der Waals surface area contributed by atoms with E-state index in [1.807, 2.05) is 0 Å². The maximum Gasteiger partial charge on any atom is 0.268 e. The number of nitrogens with one attached hydrogen (secondary N) is 2. The van der Waals surface area contributed by atoms with Crippen LogP contribution in [0.1, 0.15) is 5.56 Å². The molecule has 0 aliphatic heterocycles. The minimum atomic E-state index is -4.68. The number of nitriles is 1. The molecule has 0 atom stereocenters. The maximum absolute atomic E-state index is 13.4. The van der Waals surface area contributed by atoms with E-state index < -0.39 is 32.4 Å². The lowest BCUT2D eigenvalue weighted by molar-refractivity contribution is 0.498. The molecule has 0 aliphatic carbocycles. The molecule has 1 aromatic carbocycles. The minimum absolute atomic E-state index is 0.170. The topological polar surface area (TPSA) is 98.6 Å². The first-order valence-electron chi connectivity index (χ1n) is 4.96. The van der Waals surface area contributed by atoms with Crippen molar-refractivity contribution in [3.8, 4) is 6.07 Å². The summed E-state index contributed by atoms with van der Waals surface area (Å²) in [6, 6.07) is 2.08. The summed E-state index contributed by atoms with van der Waals surface area (Å²) >= 11 is 0. The molecule has 2 N–H and O–H groups in total. The summed E-state index contributed by atoms with van der Waals surface area (Å²) in [4.78, 5) is -1.35. The summed E-state index contributed by atoms with van der Waals surface area (Å²) in [6.45, 7) is 0. The van der Waals surface area contributed by atoms with E-state index in [0.717, 1.165) is 6.20 Å². The number of aromatic nitrogens is 2. The Hall–Kier alpha value is -2.54. The fraction of sp³-hybridized carbons (Fsp3) is 0. The van der Waals surface area contributed by atoms with Gasteiger partial charge in [-0.15, -0.1) is 0 Å². The Balaban J connectivity index is 2.50. The van der Waals surface area contributed by atoms with Crippen molar-refractivity contribution in [1.82, 2.24) is 10.2 Å². The summed E-state index contributed by atoms with van der Waals surface area (Å²) in [7, 11) is -4.68. The second-order valence-corrected chi connectivity index (χ2v) is 5.19. The second-order valence-electron chi connectivity index (χ2n) is 3.57. The molecule has 6 nitrogen and oxygen atoms in total. The zero-order valence-electron chi connectivity index (χ0n) is 9.49. The van der Waals surface area contributed by atoms with Crippen molar-refractivity contribution < 1.29 is 21.6 Å². The van der Waals surface area contributed by atoms with Crippen LogP contribution >= 0.6 is 0 Å². The molecular weight excluding hydrogens is 297 g/mol. The molecule has 0 amide bonds. The first-order valence-corrected chi connectivity index (χ1v) is 6.44. The predicted octanol–water partition coefficient (Wildman–Crippen LogP) is 1.50. The van der Waals surface area contributed by atoms with Gasteiger partial charge in [0.25, 0.3) is 10.0 Å². The Morgan fingerprint density at radius 2 is 1.85 bits per heavy atom. The van der Waals surface area contributed by atoms with Crippen LogP contribution in [0.2, 0.25) is 0 Å². The van der Waals surface area contributed by atoms with E-state index in [1.165, 1.54) is 0 Å².